The Bertz CT molecular complexity index is 511. The van der Waals surface area contributed by atoms with E-state index in [0.717, 1.165) is 11.8 Å². The van der Waals surface area contributed by atoms with E-state index in [1.807, 2.05) is 6.92 Å². The molecule has 0 spiro atoms. The highest BCUT2D eigenvalue weighted by Gasteiger charge is 2.53. The van der Waals surface area contributed by atoms with Crippen molar-refractivity contribution in [2.75, 3.05) is 12.4 Å². The fraction of sp³-hybridized carbons (Fsp3) is 0.429. The van der Waals surface area contributed by atoms with E-state index in [2.05, 4.69) is 4.74 Å². The van der Waals surface area contributed by atoms with Gasteiger partial charge < -0.3 is 9.84 Å². The Hall–Kier alpha value is -1.34. The minimum atomic E-state index is -4.94. The van der Waals surface area contributed by atoms with Gasteiger partial charge in [-0.15, -0.1) is 0 Å². The molecule has 0 aromatic heterocycles. The molecular formula is C14H17F3O3S. The average Bonchev–Trinajstić information content (AvgIpc) is 2.38. The van der Waals surface area contributed by atoms with E-state index in [1.54, 1.807) is 19.1 Å². The molecule has 1 rings (SSSR count). The van der Waals surface area contributed by atoms with E-state index in [1.165, 1.54) is 12.1 Å². The van der Waals surface area contributed by atoms with Crippen LogP contribution in [-0.2, 0) is 15.5 Å². The molecule has 1 aromatic rings. The van der Waals surface area contributed by atoms with E-state index in [9.17, 15) is 22.5 Å². The van der Waals surface area contributed by atoms with Crippen molar-refractivity contribution >= 4 is 10.8 Å². The van der Waals surface area contributed by atoms with Crippen molar-refractivity contribution in [3.8, 4) is 0 Å². The number of hydrogen-bond donors (Lipinski definition) is 1. The summed E-state index contributed by atoms with van der Waals surface area (Å²) < 4.78 is 55.7. The summed E-state index contributed by atoms with van der Waals surface area (Å²) in [4.78, 5) is 0.230. The van der Waals surface area contributed by atoms with Gasteiger partial charge in [0.2, 0.25) is 0 Å². The van der Waals surface area contributed by atoms with E-state index >= 15 is 0 Å². The second-order valence-electron chi connectivity index (χ2n) is 4.48. The van der Waals surface area contributed by atoms with Crippen molar-refractivity contribution in [3.05, 3.63) is 42.2 Å². The Balaban J connectivity index is 2.96. The Morgan fingerprint density at radius 1 is 1.29 bits per heavy atom. The summed E-state index contributed by atoms with van der Waals surface area (Å²) in [5.74, 6) is -0.983. The Kier molecular flexibility index (Phi) is 5.98. The monoisotopic (exact) mass is 322 g/mol. The van der Waals surface area contributed by atoms with Gasteiger partial charge in [-0.3, -0.25) is 4.21 Å². The molecule has 0 unspecified atom stereocenters. The third-order valence-corrected chi connectivity index (χ3v) is 4.23. The maximum absolute atomic E-state index is 13.0. The van der Waals surface area contributed by atoms with Crippen molar-refractivity contribution in [2.45, 2.75) is 30.5 Å². The number of hydrogen-bond acceptors (Lipinski definition) is 3. The molecule has 0 bridgehead atoms. The predicted octanol–water partition coefficient (Wildman–Crippen LogP) is 2.95. The molecule has 21 heavy (non-hydrogen) atoms. The third-order valence-electron chi connectivity index (χ3n) is 2.73. The van der Waals surface area contributed by atoms with Crippen LogP contribution in [0.1, 0.15) is 12.5 Å². The van der Waals surface area contributed by atoms with Crippen LogP contribution < -0.4 is 0 Å². The lowest BCUT2D eigenvalue weighted by atomic mass is 10.1. The molecule has 0 aliphatic carbocycles. The predicted molar refractivity (Wildman–Crippen MR) is 74.2 cm³/mol. The molecule has 0 fully saturated rings. The lowest BCUT2D eigenvalue weighted by Crippen LogP contribution is -2.47. The highest BCUT2D eigenvalue weighted by molar-refractivity contribution is 7.85. The summed E-state index contributed by atoms with van der Waals surface area (Å²) in [6, 6.07) is 6.26. The standard InChI is InChI=1S/C14H17F3O3S/c1-3-20-9-8-13(18,14(15,16)17)10-21(19)12-6-4-11(2)5-7-12/h4-9,18H,3,10H2,1-2H3/b9-8+/t13-,21+/m0/s1. The second kappa shape index (κ2) is 7.09. The number of aryl methyl sites for hydroxylation is 1. The molecule has 0 radical (unpaired) electrons. The first kappa shape index (κ1) is 17.7. The summed E-state index contributed by atoms with van der Waals surface area (Å²) >= 11 is 0. The van der Waals surface area contributed by atoms with E-state index in [0.29, 0.717) is 6.08 Å². The van der Waals surface area contributed by atoms with Gasteiger partial charge >= 0.3 is 6.18 Å². The van der Waals surface area contributed by atoms with Crippen LogP contribution in [0.5, 0.6) is 0 Å². The summed E-state index contributed by atoms with van der Waals surface area (Å²) in [6.45, 7) is 3.58. The average molecular weight is 322 g/mol. The summed E-state index contributed by atoms with van der Waals surface area (Å²) in [5.41, 5.74) is -2.30. The van der Waals surface area contributed by atoms with Gasteiger partial charge in [0.1, 0.15) is 0 Å². The van der Waals surface area contributed by atoms with E-state index in [-0.39, 0.29) is 11.5 Å². The quantitative estimate of drug-likeness (QED) is 0.819. The number of halogens is 3. The van der Waals surface area contributed by atoms with Crippen LogP contribution in [0, 0.1) is 6.92 Å². The maximum Gasteiger partial charge on any atom is 0.421 e. The van der Waals surface area contributed by atoms with E-state index < -0.39 is 28.3 Å². The first-order valence-electron chi connectivity index (χ1n) is 6.23. The smallest absolute Gasteiger partial charge is 0.421 e. The van der Waals surface area contributed by atoms with Crippen LogP contribution in [0.2, 0.25) is 0 Å². The topological polar surface area (TPSA) is 46.5 Å². The van der Waals surface area contributed by atoms with Crippen LogP contribution >= 0.6 is 0 Å². The number of rotatable bonds is 6. The number of alkyl halides is 3. The van der Waals surface area contributed by atoms with Gasteiger partial charge in [-0.1, -0.05) is 17.7 Å². The zero-order valence-corrected chi connectivity index (χ0v) is 12.5. The van der Waals surface area contributed by atoms with Crippen molar-refractivity contribution in [1.29, 1.82) is 0 Å². The second-order valence-corrected chi connectivity index (χ2v) is 5.93. The van der Waals surface area contributed by atoms with Crippen LogP contribution in [0.15, 0.2) is 41.5 Å². The van der Waals surface area contributed by atoms with Gasteiger partial charge in [0, 0.05) is 4.90 Å². The first-order valence-corrected chi connectivity index (χ1v) is 7.55. The van der Waals surface area contributed by atoms with Crippen molar-refractivity contribution in [1.82, 2.24) is 0 Å². The molecule has 2 atom stereocenters. The summed E-state index contributed by atoms with van der Waals surface area (Å²) in [5, 5.41) is 9.78. The Morgan fingerprint density at radius 2 is 1.86 bits per heavy atom. The Morgan fingerprint density at radius 3 is 2.33 bits per heavy atom. The minimum absolute atomic E-state index is 0.172. The number of ether oxygens (including phenoxy) is 1. The normalized spacial score (nSPS) is 16.7. The zero-order chi connectivity index (χ0) is 16.1. The molecule has 1 N–H and O–H groups in total. The number of benzene rings is 1. The maximum atomic E-state index is 13.0. The Labute approximate surface area is 123 Å². The van der Waals surface area contributed by atoms with Crippen LogP contribution in [-0.4, -0.2) is 33.5 Å². The molecule has 0 aliphatic heterocycles. The van der Waals surface area contributed by atoms with Gasteiger partial charge in [-0.05, 0) is 32.1 Å². The lowest BCUT2D eigenvalue weighted by Gasteiger charge is -2.26. The van der Waals surface area contributed by atoms with Crippen LogP contribution in [0.25, 0.3) is 0 Å². The molecule has 0 saturated carbocycles. The molecule has 0 aliphatic rings. The summed E-state index contributed by atoms with van der Waals surface area (Å²) in [7, 11) is -1.99. The molecule has 0 amide bonds. The molecule has 3 nitrogen and oxygen atoms in total. The van der Waals surface area contributed by atoms with Crippen molar-refractivity contribution in [3.63, 3.8) is 0 Å². The minimum Gasteiger partial charge on any atom is -0.502 e. The van der Waals surface area contributed by atoms with Crippen LogP contribution in [0.4, 0.5) is 13.2 Å². The van der Waals surface area contributed by atoms with Gasteiger partial charge in [0.25, 0.3) is 0 Å². The summed E-state index contributed by atoms with van der Waals surface area (Å²) in [6.07, 6.45) is -3.68. The van der Waals surface area contributed by atoms with E-state index in [4.69, 9.17) is 0 Å². The highest BCUT2D eigenvalue weighted by atomic mass is 32.2. The van der Waals surface area contributed by atoms with Gasteiger partial charge in [0.15, 0.2) is 5.60 Å². The lowest BCUT2D eigenvalue weighted by molar-refractivity contribution is -0.231. The van der Waals surface area contributed by atoms with Crippen molar-refractivity contribution in [2.24, 2.45) is 0 Å². The van der Waals surface area contributed by atoms with Gasteiger partial charge in [0.05, 0.1) is 29.4 Å². The van der Waals surface area contributed by atoms with Gasteiger partial charge in [-0.2, -0.15) is 13.2 Å². The fourth-order valence-electron chi connectivity index (χ4n) is 1.45. The van der Waals surface area contributed by atoms with Crippen molar-refractivity contribution < 1.29 is 27.2 Å². The highest BCUT2D eigenvalue weighted by Crippen LogP contribution is 2.33. The largest absolute Gasteiger partial charge is 0.502 e. The number of aliphatic hydroxyl groups is 1. The van der Waals surface area contributed by atoms with Crippen LogP contribution in [0.3, 0.4) is 0 Å². The van der Waals surface area contributed by atoms with Gasteiger partial charge in [-0.25, -0.2) is 0 Å². The molecule has 0 saturated heterocycles. The molecule has 7 heteroatoms. The third kappa shape index (κ3) is 4.86. The fourth-order valence-corrected chi connectivity index (χ4v) is 2.72. The SMILES string of the molecule is CCO/C=C/[C@](O)(C[S@@](=O)c1ccc(C)cc1)C(F)(F)F. The zero-order valence-electron chi connectivity index (χ0n) is 11.7. The molecule has 0 heterocycles. The molecule has 1 aromatic carbocycles. The molecular weight excluding hydrogens is 305 g/mol. The molecule has 118 valence electrons. The first-order chi connectivity index (χ1) is 9.69.